The molecule has 1 saturated heterocycles. The highest BCUT2D eigenvalue weighted by atomic mass is 15.2. The summed E-state index contributed by atoms with van der Waals surface area (Å²) in [5.41, 5.74) is 0. The number of hydrogen-bond donors (Lipinski definition) is 2. The lowest BCUT2D eigenvalue weighted by Gasteiger charge is -2.28. The number of piperidine rings is 1. The molecule has 2 N–H and O–H groups in total. The van der Waals surface area contributed by atoms with E-state index in [2.05, 4.69) is 43.4 Å². The van der Waals surface area contributed by atoms with Crippen molar-refractivity contribution in [1.82, 2.24) is 15.5 Å². The Balaban J connectivity index is 2.25. The number of nitrogens with one attached hydrogen (secondary N) is 2. The number of unbranched alkanes of at least 4 members (excludes halogenated alkanes) is 1. The highest BCUT2D eigenvalue weighted by Gasteiger charge is 2.16. The van der Waals surface area contributed by atoms with Crippen LogP contribution in [0.5, 0.6) is 0 Å². The van der Waals surface area contributed by atoms with E-state index in [-0.39, 0.29) is 0 Å². The maximum atomic E-state index is 4.77. The zero-order valence-corrected chi connectivity index (χ0v) is 14.6. The average Bonchev–Trinajstić information content (AvgIpc) is 2.44. The van der Waals surface area contributed by atoms with Gasteiger partial charge >= 0.3 is 0 Å². The molecule has 1 heterocycles. The minimum absolute atomic E-state index is 0.722. The molecule has 4 heteroatoms. The molecule has 1 rings (SSSR count). The number of guanidine groups is 1. The van der Waals surface area contributed by atoms with Gasteiger partial charge in [0, 0.05) is 26.2 Å². The third kappa shape index (κ3) is 8.97. The van der Waals surface area contributed by atoms with Crippen LogP contribution in [0.2, 0.25) is 0 Å². The number of nitrogens with zero attached hydrogens (tertiary/aromatic N) is 2. The summed E-state index contributed by atoms with van der Waals surface area (Å²) in [6, 6.07) is 0. The predicted octanol–water partition coefficient (Wildman–Crippen LogP) is 2.71. The lowest BCUT2D eigenvalue weighted by molar-refractivity contribution is 0.214. The van der Waals surface area contributed by atoms with Crippen molar-refractivity contribution in [2.75, 3.05) is 39.8 Å². The van der Waals surface area contributed by atoms with Crippen molar-refractivity contribution in [1.29, 1.82) is 0 Å². The maximum Gasteiger partial charge on any atom is 0.191 e. The number of aliphatic imine (C=N–C) groups is 1. The molecule has 0 aliphatic carbocycles. The Morgan fingerprint density at radius 2 is 2.10 bits per heavy atom. The van der Waals surface area contributed by atoms with Crippen molar-refractivity contribution in [2.24, 2.45) is 16.8 Å². The molecular formula is C17H36N4. The first-order valence-corrected chi connectivity index (χ1v) is 8.82. The summed E-state index contributed by atoms with van der Waals surface area (Å²) >= 11 is 0. The number of rotatable bonds is 8. The van der Waals surface area contributed by atoms with Gasteiger partial charge in [0.05, 0.1) is 0 Å². The molecule has 0 aromatic heterocycles. The largest absolute Gasteiger partial charge is 0.357 e. The Labute approximate surface area is 131 Å². The van der Waals surface area contributed by atoms with E-state index in [0.29, 0.717) is 0 Å². The molecule has 1 atom stereocenters. The third-order valence-corrected chi connectivity index (χ3v) is 4.07. The quantitative estimate of drug-likeness (QED) is 0.411. The topological polar surface area (TPSA) is 39.7 Å². The van der Waals surface area contributed by atoms with Crippen LogP contribution in [0.4, 0.5) is 0 Å². The normalized spacial score (nSPS) is 20.8. The van der Waals surface area contributed by atoms with Gasteiger partial charge < -0.3 is 15.5 Å². The van der Waals surface area contributed by atoms with Gasteiger partial charge in [-0.15, -0.1) is 0 Å². The summed E-state index contributed by atoms with van der Waals surface area (Å²) in [5, 5.41) is 6.83. The first-order valence-electron chi connectivity index (χ1n) is 8.82. The van der Waals surface area contributed by atoms with Gasteiger partial charge in [-0.2, -0.15) is 0 Å². The van der Waals surface area contributed by atoms with Crippen LogP contribution in [0.1, 0.15) is 52.9 Å². The van der Waals surface area contributed by atoms with Gasteiger partial charge in [0.25, 0.3) is 0 Å². The van der Waals surface area contributed by atoms with Gasteiger partial charge in [0.15, 0.2) is 5.96 Å². The Bertz CT molecular complexity index is 289. The summed E-state index contributed by atoms with van der Waals surface area (Å²) in [4.78, 5) is 7.20. The molecule has 0 radical (unpaired) electrons. The molecule has 0 aromatic rings. The molecule has 0 bridgehead atoms. The van der Waals surface area contributed by atoms with Crippen LogP contribution in [0.25, 0.3) is 0 Å². The summed E-state index contributed by atoms with van der Waals surface area (Å²) in [6.45, 7) is 12.1. The Morgan fingerprint density at radius 3 is 2.76 bits per heavy atom. The minimum Gasteiger partial charge on any atom is -0.357 e. The molecule has 0 aromatic carbocycles. The van der Waals surface area contributed by atoms with E-state index < -0.39 is 0 Å². The average molecular weight is 297 g/mol. The van der Waals surface area contributed by atoms with Gasteiger partial charge in [-0.1, -0.05) is 26.7 Å². The fraction of sp³-hybridized carbons (Fsp3) is 0.941. The second kappa shape index (κ2) is 10.9. The molecule has 1 aliphatic heterocycles. The van der Waals surface area contributed by atoms with Gasteiger partial charge in [0.1, 0.15) is 0 Å². The van der Waals surface area contributed by atoms with Crippen molar-refractivity contribution >= 4 is 5.96 Å². The molecule has 1 fully saturated rings. The van der Waals surface area contributed by atoms with E-state index in [1.807, 2.05) is 0 Å². The van der Waals surface area contributed by atoms with Gasteiger partial charge in [-0.25, -0.2) is 0 Å². The second-order valence-corrected chi connectivity index (χ2v) is 6.81. The summed E-state index contributed by atoms with van der Waals surface area (Å²) in [6.07, 6.45) is 6.49. The lowest BCUT2D eigenvalue weighted by Crippen LogP contribution is -2.39. The zero-order chi connectivity index (χ0) is 15.5. The Kier molecular flexibility index (Phi) is 9.48. The highest BCUT2D eigenvalue weighted by Crippen LogP contribution is 2.15. The van der Waals surface area contributed by atoms with Crippen molar-refractivity contribution in [2.45, 2.75) is 52.9 Å². The van der Waals surface area contributed by atoms with Gasteiger partial charge in [-0.05, 0) is 51.6 Å². The monoisotopic (exact) mass is 296 g/mol. The maximum absolute atomic E-state index is 4.77. The summed E-state index contributed by atoms with van der Waals surface area (Å²) in [7, 11) is 2.22. The molecule has 21 heavy (non-hydrogen) atoms. The van der Waals surface area contributed by atoms with Crippen molar-refractivity contribution in [3.8, 4) is 0 Å². The van der Waals surface area contributed by atoms with Crippen LogP contribution in [0.15, 0.2) is 4.99 Å². The molecule has 124 valence electrons. The summed E-state index contributed by atoms with van der Waals surface area (Å²) in [5.74, 6) is 2.53. The fourth-order valence-corrected chi connectivity index (χ4v) is 2.87. The third-order valence-electron chi connectivity index (χ3n) is 4.07. The Morgan fingerprint density at radius 1 is 1.29 bits per heavy atom. The van der Waals surface area contributed by atoms with Crippen LogP contribution >= 0.6 is 0 Å². The molecular weight excluding hydrogens is 260 g/mol. The van der Waals surface area contributed by atoms with E-state index in [4.69, 9.17) is 4.99 Å². The highest BCUT2D eigenvalue weighted by molar-refractivity contribution is 5.79. The minimum atomic E-state index is 0.722. The van der Waals surface area contributed by atoms with Gasteiger partial charge in [0.2, 0.25) is 0 Å². The molecule has 1 unspecified atom stereocenters. The first kappa shape index (κ1) is 18.3. The van der Waals surface area contributed by atoms with Crippen LogP contribution < -0.4 is 10.6 Å². The van der Waals surface area contributed by atoms with Crippen molar-refractivity contribution < 1.29 is 0 Å². The number of likely N-dealkylation sites (tertiary alicyclic amines) is 1. The first-order chi connectivity index (χ1) is 10.1. The molecule has 4 nitrogen and oxygen atoms in total. The standard InChI is InChI=1S/C17H36N4/c1-5-18-17(19-11-7-6-9-15(2)3)20-13-16-10-8-12-21(4)14-16/h15-16H,5-14H2,1-4H3,(H2,18,19,20). The summed E-state index contributed by atoms with van der Waals surface area (Å²) < 4.78 is 0. The predicted molar refractivity (Wildman–Crippen MR) is 92.9 cm³/mol. The van der Waals surface area contributed by atoms with E-state index in [9.17, 15) is 0 Å². The molecule has 0 amide bonds. The van der Waals surface area contributed by atoms with Crippen molar-refractivity contribution in [3.63, 3.8) is 0 Å². The van der Waals surface area contributed by atoms with E-state index in [0.717, 1.165) is 37.4 Å². The lowest BCUT2D eigenvalue weighted by atomic mass is 9.99. The van der Waals surface area contributed by atoms with E-state index >= 15 is 0 Å². The number of hydrogen-bond acceptors (Lipinski definition) is 2. The van der Waals surface area contributed by atoms with Crippen LogP contribution in [0.3, 0.4) is 0 Å². The molecule has 1 aliphatic rings. The van der Waals surface area contributed by atoms with Gasteiger partial charge in [-0.3, -0.25) is 4.99 Å². The van der Waals surface area contributed by atoms with Crippen LogP contribution in [0, 0.1) is 11.8 Å². The molecule has 0 saturated carbocycles. The molecule has 0 spiro atoms. The SMILES string of the molecule is CCNC(=NCC1CCCN(C)C1)NCCCCC(C)C. The van der Waals surface area contributed by atoms with Crippen LogP contribution in [-0.4, -0.2) is 50.6 Å². The van der Waals surface area contributed by atoms with Crippen LogP contribution in [-0.2, 0) is 0 Å². The Hall–Kier alpha value is -0.770. The van der Waals surface area contributed by atoms with E-state index in [1.54, 1.807) is 0 Å². The van der Waals surface area contributed by atoms with E-state index in [1.165, 1.54) is 45.2 Å². The van der Waals surface area contributed by atoms with Crippen molar-refractivity contribution in [3.05, 3.63) is 0 Å². The second-order valence-electron chi connectivity index (χ2n) is 6.81. The fourth-order valence-electron chi connectivity index (χ4n) is 2.87. The smallest absolute Gasteiger partial charge is 0.191 e. The zero-order valence-electron chi connectivity index (χ0n) is 14.6.